The molecule has 1 fully saturated rings. The number of aryl methyl sites for hydroxylation is 2. The summed E-state index contributed by atoms with van der Waals surface area (Å²) < 4.78 is 16.1. The predicted molar refractivity (Wildman–Crippen MR) is 133 cm³/mol. The van der Waals surface area contributed by atoms with Crippen molar-refractivity contribution in [2.24, 2.45) is 5.92 Å². The molecule has 1 aromatic heterocycles. The molecule has 1 saturated heterocycles. The zero-order valence-electron chi connectivity index (χ0n) is 20.8. The Labute approximate surface area is 206 Å². The van der Waals surface area contributed by atoms with Gasteiger partial charge in [0, 0.05) is 18.7 Å². The molecular weight excluding hydrogens is 444 g/mol. The lowest BCUT2D eigenvalue weighted by Crippen LogP contribution is -2.43. The lowest BCUT2D eigenvalue weighted by molar-refractivity contribution is -0.126. The van der Waals surface area contributed by atoms with Crippen LogP contribution in [0, 0.1) is 12.8 Å². The van der Waals surface area contributed by atoms with Crippen molar-refractivity contribution < 1.29 is 18.8 Å². The summed E-state index contributed by atoms with van der Waals surface area (Å²) in [4.78, 5) is 19.6. The SMILES string of the molecule is COc1ccc(CCCNC(=O)C2CCCN(Cc3nc(-c4cccc(C)c4)no3)C2)cc1OC. The van der Waals surface area contributed by atoms with Crippen molar-refractivity contribution in [2.45, 2.75) is 39.2 Å². The number of amides is 1. The van der Waals surface area contributed by atoms with E-state index in [9.17, 15) is 4.79 Å². The van der Waals surface area contributed by atoms with Crippen LogP contribution in [-0.2, 0) is 17.8 Å². The third kappa shape index (κ3) is 6.60. The van der Waals surface area contributed by atoms with Gasteiger partial charge in [-0.05, 0) is 62.9 Å². The summed E-state index contributed by atoms with van der Waals surface area (Å²) in [6.45, 7) is 4.86. The van der Waals surface area contributed by atoms with Gasteiger partial charge in [-0.25, -0.2) is 0 Å². The number of carbonyl (C=O) groups excluding carboxylic acids is 1. The average Bonchev–Trinajstić information content (AvgIpc) is 3.35. The molecule has 0 saturated carbocycles. The summed E-state index contributed by atoms with van der Waals surface area (Å²) in [5.41, 5.74) is 3.26. The molecule has 35 heavy (non-hydrogen) atoms. The molecule has 1 aliphatic heterocycles. The van der Waals surface area contributed by atoms with Crippen LogP contribution >= 0.6 is 0 Å². The minimum Gasteiger partial charge on any atom is -0.493 e. The highest BCUT2D eigenvalue weighted by Gasteiger charge is 2.26. The van der Waals surface area contributed by atoms with Crippen molar-refractivity contribution in [3.63, 3.8) is 0 Å². The Balaban J connectivity index is 1.23. The third-order valence-electron chi connectivity index (χ3n) is 6.37. The van der Waals surface area contributed by atoms with Gasteiger partial charge in [0.25, 0.3) is 0 Å². The van der Waals surface area contributed by atoms with Crippen LogP contribution in [0.3, 0.4) is 0 Å². The average molecular weight is 479 g/mol. The molecule has 1 unspecified atom stereocenters. The molecule has 0 spiro atoms. The molecule has 2 aromatic carbocycles. The summed E-state index contributed by atoms with van der Waals surface area (Å²) in [5, 5.41) is 7.25. The number of nitrogens with one attached hydrogen (secondary N) is 1. The van der Waals surface area contributed by atoms with Crippen LogP contribution in [0.5, 0.6) is 11.5 Å². The van der Waals surface area contributed by atoms with Crippen LogP contribution < -0.4 is 14.8 Å². The zero-order chi connectivity index (χ0) is 24.6. The Hall–Kier alpha value is -3.39. The van der Waals surface area contributed by atoms with E-state index in [0.29, 0.717) is 31.3 Å². The number of hydrogen-bond donors (Lipinski definition) is 1. The van der Waals surface area contributed by atoms with Gasteiger partial charge in [-0.15, -0.1) is 0 Å². The molecule has 3 aromatic rings. The van der Waals surface area contributed by atoms with Gasteiger partial charge in [0.1, 0.15) is 0 Å². The highest BCUT2D eigenvalue weighted by molar-refractivity contribution is 5.78. The summed E-state index contributed by atoms with van der Waals surface area (Å²) in [6.07, 6.45) is 3.60. The van der Waals surface area contributed by atoms with Crippen LogP contribution in [0.1, 0.15) is 36.3 Å². The largest absolute Gasteiger partial charge is 0.493 e. The Morgan fingerprint density at radius 1 is 1.17 bits per heavy atom. The molecule has 1 N–H and O–H groups in total. The summed E-state index contributed by atoms with van der Waals surface area (Å²) in [6, 6.07) is 14.0. The number of methoxy groups -OCH3 is 2. The van der Waals surface area contributed by atoms with Crippen LogP contribution in [-0.4, -0.2) is 54.8 Å². The maximum atomic E-state index is 12.8. The molecule has 8 nitrogen and oxygen atoms in total. The molecule has 4 rings (SSSR count). The topological polar surface area (TPSA) is 89.7 Å². The number of benzene rings is 2. The molecule has 1 atom stereocenters. The number of ether oxygens (including phenoxy) is 2. The van der Waals surface area contributed by atoms with E-state index in [1.807, 2.05) is 49.4 Å². The van der Waals surface area contributed by atoms with Crippen molar-refractivity contribution in [2.75, 3.05) is 33.9 Å². The standard InChI is InChI=1S/C27H34N4O4/c1-19-7-4-9-21(15-19)26-29-25(35-30-26)18-31-14-6-10-22(17-31)27(32)28-13-5-8-20-11-12-23(33-2)24(16-20)34-3/h4,7,9,11-12,15-16,22H,5-6,8,10,13-14,17-18H2,1-3H3,(H,28,32). The lowest BCUT2D eigenvalue weighted by atomic mass is 9.97. The second kappa shape index (κ2) is 11.8. The zero-order valence-corrected chi connectivity index (χ0v) is 20.8. The Bertz CT molecular complexity index is 1130. The third-order valence-corrected chi connectivity index (χ3v) is 6.37. The molecule has 0 aliphatic carbocycles. The van der Waals surface area contributed by atoms with E-state index in [-0.39, 0.29) is 11.8 Å². The van der Waals surface area contributed by atoms with E-state index in [1.165, 1.54) is 0 Å². The highest BCUT2D eigenvalue weighted by Crippen LogP contribution is 2.28. The van der Waals surface area contributed by atoms with Crippen LogP contribution in [0.15, 0.2) is 47.0 Å². The van der Waals surface area contributed by atoms with E-state index in [1.54, 1.807) is 14.2 Å². The first kappa shape index (κ1) is 24.7. The van der Waals surface area contributed by atoms with Gasteiger partial charge >= 0.3 is 0 Å². The van der Waals surface area contributed by atoms with Crippen molar-refractivity contribution in [3.05, 3.63) is 59.5 Å². The fourth-order valence-corrected chi connectivity index (χ4v) is 4.51. The summed E-state index contributed by atoms with van der Waals surface area (Å²) in [5.74, 6) is 2.72. The van der Waals surface area contributed by atoms with Gasteiger partial charge in [0.15, 0.2) is 11.5 Å². The van der Waals surface area contributed by atoms with Crippen LogP contribution in [0.2, 0.25) is 0 Å². The van der Waals surface area contributed by atoms with Gasteiger partial charge in [-0.3, -0.25) is 9.69 Å². The Morgan fingerprint density at radius 3 is 2.83 bits per heavy atom. The van der Waals surface area contributed by atoms with E-state index in [2.05, 4.69) is 20.4 Å². The number of rotatable bonds is 10. The molecule has 186 valence electrons. The monoisotopic (exact) mass is 478 g/mol. The lowest BCUT2D eigenvalue weighted by Gasteiger charge is -2.30. The minimum atomic E-state index is -0.0241. The fourth-order valence-electron chi connectivity index (χ4n) is 4.51. The van der Waals surface area contributed by atoms with E-state index < -0.39 is 0 Å². The molecule has 1 amide bonds. The fraction of sp³-hybridized carbons (Fsp3) is 0.444. The Morgan fingerprint density at radius 2 is 2.03 bits per heavy atom. The summed E-state index contributed by atoms with van der Waals surface area (Å²) >= 11 is 0. The quantitative estimate of drug-likeness (QED) is 0.440. The van der Waals surface area contributed by atoms with E-state index >= 15 is 0 Å². The first-order chi connectivity index (χ1) is 17.1. The second-order valence-electron chi connectivity index (χ2n) is 9.04. The molecule has 0 radical (unpaired) electrons. The highest BCUT2D eigenvalue weighted by atomic mass is 16.5. The van der Waals surface area contributed by atoms with Crippen molar-refractivity contribution in [1.82, 2.24) is 20.4 Å². The second-order valence-corrected chi connectivity index (χ2v) is 9.04. The molecular formula is C27H34N4O4. The number of hydrogen-bond acceptors (Lipinski definition) is 7. The first-order valence-electron chi connectivity index (χ1n) is 12.2. The van der Waals surface area contributed by atoms with E-state index in [4.69, 9.17) is 14.0 Å². The maximum Gasteiger partial charge on any atom is 0.241 e. The molecule has 2 heterocycles. The number of aromatic nitrogens is 2. The van der Waals surface area contributed by atoms with Crippen LogP contribution in [0.4, 0.5) is 0 Å². The van der Waals surface area contributed by atoms with Crippen molar-refractivity contribution in [1.29, 1.82) is 0 Å². The smallest absolute Gasteiger partial charge is 0.241 e. The number of likely N-dealkylation sites (tertiary alicyclic amines) is 1. The maximum absolute atomic E-state index is 12.8. The predicted octanol–water partition coefficient (Wildman–Crippen LogP) is 4.02. The van der Waals surface area contributed by atoms with Crippen molar-refractivity contribution in [3.8, 4) is 22.9 Å². The number of piperidine rings is 1. The van der Waals surface area contributed by atoms with Gasteiger partial charge in [0.2, 0.25) is 17.6 Å². The normalized spacial score (nSPS) is 16.1. The number of carbonyl (C=O) groups is 1. The Kier molecular flexibility index (Phi) is 8.36. The van der Waals surface area contributed by atoms with E-state index in [0.717, 1.165) is 60.4 Å². The number of nitrogens with zero attached hydrogens (tertiary/aromatic N) is 3. The molecule has 8 heteroatoms. The summed E-state index contributed by atoms with van der Waals surface area (Å²) in [7, 11) is 3.26. The van der Waals surface area contributed by atoms with Gasteiger partial charge in [-0.2, -0.15) is 4.98 Å². The van der Waals surface area contributed by atoms with Crippen LogP contribution in [0.25, 0.3) is 11.4 Å². The molecule has 1 aliphatic rings. The first-order valence-corrected chi connectivity index (χ1v) is 12.2. The minimum absolute atomic E-state index is 0.0241. The van der Waals surface area contributed by atoms with Crippen molar-refractivity contribution >= 4 is 5.91 Å². The van der Waals surface area contributed by atoms with Gasteiger partial charge in [-0.1, -0.05) is 35.0 Å². The van der Waals surface area contributed by atoms with Gasteiger partial charge in [0.05, 0.1) is 26.7 Å². The van der Waals surface area contributed by atoms with Gasteiger partial charge < -0.3 is 19.3 Å². The molecule has 0 bridgehead atoms.